The summed E-state index contributed by atoms with van der Waals surface area (Å²) in [6, 6.07) is 9.38. The Balaban J connectivity index is 1.69. The van der Waals surface area contributed by atoms with Crippen molar-refractivity contribution in [3.63, 3.8) is 0 Å². The molecule has 1 atom stereocenters. The molecule has 1 aliphatic heterocycles. The Morgan fingerprint density at radius 2 is 2.29 bits per heavy atom. The van der Waals surface area contributed by atoms with Crippen LogP contribution in [0, 0.1) is 6.92 Å². The van der Waals surface area contributed by atoms with E-state index < -0.39 is 0 Å². The van der Waals surface area contributed by atoms with Gasteiger partial charge in [-0.1, -0.05) is 29.8 Å². The number of rotatable bonds is 3. The molecule has 21 heavy (non-hydrogen) atoms. The number of carbonyl (C=O) groups excluding carboxylic acids is 1. The third-order valence-corrected chi connectivity index (χ3v) is 4.12. The van der Waals surface area contributed by atoms with E-state index in [1.54, 1.807) is 6.20 Å². The molecule has 1 N–H and O–H groups in total. The Labute approximate surface area is 128 Å². The minimum atomic E-state index is -0.298. The summed E-state index contributed by atoms with van der Waals surface area (Å²) in [4.78, 5) is 16.4. The quantitative estimate of drug-likeness (QED) is 0.948. The minimum Gasteiger partial charge on any atom is -0.476 e. The number of fused-ring (bicyclic) bond motifs is 1. The molecule has 4 nitrogen and oxygen atoms in total. The first kappa shape index (κ1) is 13.9. The van der Waals surface area contributed by atoms with Gasteiger partial charge in [0, 0.05) is 23.3 Å². The van der Waals surface area contributed by atoms with Crippen molar-refractivity contribution < 1.29 is 9.53 Å². The van der Waals surface area contributed by atoms with Gasteiger partial charge in [0.05, 0.1) is 0 Å². The van der Waals surface area contributed by atoms with Gasteiger partial charge in [-0.2, -0.15) is 0 Å². The van der Waals surface area contributed by atoms with Crippen LogP contribution in [-0.4, -0.2) is 17.5 Å². The Hall–Kier alpha value is -2.07. The second kappa shape index (κ2) is 5.74. The number of pyridine rings is 1. The van der Waals surface area contributed by atoms with Crippen LogP contribution in [0.3, 0.4) is 0 Å². The van der Waals surface area contributed by atoms with Gasteiger partial charge in [-0.3, -0.25) is 4.79 Å². The predicted molar refractivity (Wildman–Crippen MR) is 80.5 cm³/mol. The number of nitrogens with one attached hydrogen (secondary N) is 1. The van der Waals surface area contributed by atoms with Crippen LogP contribution in [0.1, 0.15) is 22.6 Å². The number of nitrogens with zero attached hydrogens (tertiary/aromatic N) is 1. The molecule has 0 saturated carbocycles. The average molecular weight is 303 g/mol. The first-order valence-corrected chi connectivity index (χ1v) is 7.14. The number of aromatic nitrogens is 1. The minimum absolute atomic E-state index is 0.0545. The van der Waals surface area contributed by atoms with Gasteiger partial charge in [0.2, 0.25) is 11.8 Å². The van der Waals surface area contributed by atoms with Gasteiger partial charge < -0.3 is 10.1 Å². The lowest BCUT2D eigenvalue weighted by molar-refractivity contribution is -0.122. The molecule has 1 amide bonds. The zero-order chi connectivity index (χ0) is 14.8. The van der Waals surface area contributed by atoms with Gasteiger partial charge in [-0.05, 0) is 30.2 Å². The van der Waals surface area contributed by atoms with Crippen molar-refractivity contribution in [2.24, 2.45) is 0 Å². The standard InChI is InChI=1S/C16H15ClN2O2/c1-10-11(4-2-6-14(10)17)8-19-15(20)13-9-21-16-12(13)5-3-7-18-16/h2-7,13H,8-9H2,1H3,(H,19,20). The molecule has 5 heteroatoms. The van der Waals surface area contributed by atoms with Crippen molar-refractivity contribution in [1.29, 1.82) is 0 Å². The van der Waals surface area contributed by atoms with Crippen LogP contribution in [0.2, 0.25) is 5.02 Å². The summed E-state index contributed by atoms with van der Waals surface area (Å²) in [6.07, 6.45) is 1.66. The summed E-state index contributed by atoms with van der Waals surface area (Å²) in [5.41, 5.74) is 2.85. The van der Waals surface area contributed by atoms with E-state index in [0.717, 1.165) is 16.7 Å². The maximum atomic E-state index is 12.3. The highest BCUT2D eigenvalue weighted by Gasteiger charge is 2.30. The summed E-state index contributed by atoms with van der Waals surface area (Å²) < 4.78 is 5.43. The number of ether oxygens (including phenoxy) is 1. The van der Waals surface area contributed by atoms with Crippen molar-refractivity contribution in [1.82, 2.24) is 10.3 Å². The molecule has 2 aromatic rings. The lowest BCUT2D eigenvalue weighted by Gasteiger charge is -2.12. The first-order valence-electron chi connectivity index (χ1n) is 6.76. The average Bonchev–Trinajstić information content (AvgIpc) is 2.92. The summed E-state index contributed by atoms with van der Waals surface area (Å²) in [5, 5.41) is 3.65. The van der Waals surface area contributed by atoms with Crippen LogP contribution in [0.5, 0.6) is 5.88 Å². The molecule has 3 rings (SSSR count). The SMILES string of the molecule is Cc1c(Cl)cccc1CNC(=O)C1COc2ncccc21. The Bertz CT molecular complexity index is 688. The van der Waals surface area contributed by atoms with Gasteiger partial charge in [0.1, 0.15) is 12.5 Å². The summed E-state index contributed by atoms with van der Waals surface area (Å²) in [5.74, 6) is 0.200. The van der Waals surface area contributed by atoms with Crippen LogP contribution in [0.4, 0.5) is 0 Å². The zero-order valence-electron chi connectivity index (χ0n) is 11.6. The maximum absolute atomic E-state index is 12.3. The van der Waals surface area contributed by atoms with Crippen molar-refractivity contribution in [3.8, 4) is 5.88 Å². The summed E-state index contributed by atoms with van der Waals surface area (Å²) >= 11 is 6.08. The molecule has 0 saturated heterocycles. The molecule has 0 bridgehead atoms. The van der Waals surface area contributed by atoms with Crippen LogP contribution >= 0.6 is 11.6 Å². The number of hydrogen-bond acceptors (Lipinski definition) is 3. The third-order valence-electron chi connectivity index (χ3n) is 3.71. The highest BCUT2D eigenvalue weighted by molar-refractivity contribution is 6.31. The van der Waals surface area contributed by atoms with Crippen molar-refractivity contribution in [2.75, 3.05) is 6.61 Å². The molecule has 108 valence electrons. The molecule has 1 aromatic heterocycles. The fourth-order valence-corrected chi connectivity index (χ4v) is 2.60. The van der Waals surface area contributed by atoms with E-state index in [1.165, 1.54) is 0 Å². The Kier molecular flexibility index (Phi) is 3.80. The second-order valence-corrected chi connectivity index (χ2v) is 5.41. The van der Waals surface area contributed by atoms with Crippen molar-refractivity contribution in [2.45, 2.75) is 19.4 Å². The van der Waals surface area contributed by atoms with E-state index in [9.17, 15) is 4.79 Å². The van der Waals surface area contributed by atoms with Gasteiger partial charge in [0.25, 0.3) is 0 Å². The normalized spacial score (nSPS) is 16.2. The van der Waals surface area contributed by atoms with Crippen LogP contribution in [0.15, 0.2) is 36.5 Å². The predicted octanol–water partition coefficient (Wildman–Crippen LogP) is 2.84. The van der Waals surface area contributed by atoms with E-state index in [0.29, 0.717) is 24.1 Å². The molecule has 0 fully saturated rings. The number of benzene rings is 1. The third kappa shape index (κ3) is 2.72. The van der Waals surface area contributed by atoms with Crippen LogP contribution in [-0.2, 0) is 11.3 Å². The highest BCUT2D eigenvalue weighted by atomic mass is 35.5. The smallest absolute Gasteiger partial charge is 0.231 e. The topological polar surface area (TPSA) is 51.2 Å². The van der Waals surface area contributed by atoms with Gasteiger partial charge >= 0.3 is 0 Å². The lowest BCUT2D eigenvalue weighted by atomic mass is 10.0. The molecule has 1 unspecified atom stereocenters. The molecule has 0 aliphatic carbocycles. The molecule has 0 spiro atoms. The monoisotopic (exact) mass is 302 g/mol. The fourth-order valence-electron chi connectivity index (χ4n) is 2.41. The van der Waals surface area contributed by atoms with Crippen molar-refractivity contribution >= 4 is 17.5 Å². The van der Waals surface area contributed by atoms with E-state index >= 15 is 0 Å². The first-order chi connectivity index (χ1) is 10.2. The number of amides is 1. The molecule has 1 aliphatic rings. The summed E-state index contributed by atoms with van der Waals surface area (Å²) in [7, 11) is 0. The Morgan fingerprint density at radius 1 is 1.43 bits per heavy atom. The van der Waals surface area contributed by atoms with Crippen molar-refractivity contribution in [3.05, 3.63) is 58.2 Å². The number of hydrogen-bond donors (Lipinski definition) is 1. The lowest BCUT2D eigenvalue weighted by Crippen LogP contribution is -2.30. The molecule has 1 aromatic carbocycles. The molecule has 2 heterocycles. The van der Waals surface area contributed by atoms with E-state index in [4.69, 9.17) is 16.3 Å². The second-order valence-electron chi connectivity index (χ2n) is 5.00. The van der Waals surface area contributed by atoms with Gasteiger partial charge in [-0.15, -0.1) is 0 Å². The van der Waals surface area contributed by atoms with Gasteiger partial charge in [-0.25, -0.2) is 4.98 Å². The maximum Gasteiger partial charge on any atom is 0.231 e. The van der Waals surface area contributed by atoms with Crippen LogP contribution in [0.25, 0.3) is 0 Å². The molecule has 0 radical (unpaired) electrons. The Morgan fingerprint density at radius 3 is 3.14 bits per heavy atom. The summed E-state index contributed by atoms with van der Waals surface area (Å²) in [6.45, 7) is 2.74. The van der Waals surface area contributed by atoms with E-state index in [2.05, 4.69) is 10.3 Å². The van der Waals surface area contributed by atoms with E-state index in [1.807, 2.05) is 37.3 Å². The number of halogens is 1. The van der Waals surface area contributed by atoms with Crippen LogP contribution < -0.4 is 10.1 Å². The van der Waals surface area contributed by atoms with Gasteiger partial charge in [0.15, 0.2) is 0 Å². The fraction of sp³-hybridized carbons (Fsp3) is 0.250. The highest BCUT2D eigenvalue weighted by Crippen LogP contribution is 2.31. The largest absolute Gasteiger partial charge is 0.476 e. The van der Waals surface area contributed by atoms with E-state index in [-0.39, 0.29) is 11.8 Å². The zero-order valence-corrected chi connectivity index (χ0v) is 12.4. The number of carbonyl (C=O) groups is 1. The molecular formula is C16H15ClN2O2. The molecular weight excluding hydrogens is 288 g/mol.